The fourth-order valence-corrected chi connectivity index (χ4v) is 7.80. The molecule has 53 heavy (non-hydrogen) atoms. The summed E-state index contributed by atoms with van der Waals surface area (Å²) < 4.78 is 137. The molecule has 1 heterocycles. The van der Waals surface area contributed by atoms with Crippen molar-refractivity contribution in [3.05, 3.63) is 29.3 Å². The zero-order chi connectivity index (χ0) is 39.8. The van der Waals surface area contributed by atoms with Gasteiger partial charge in [0.05, 0.1) is 60.7 Å². The van der Waals surface area contributed by atoms with Gasteiger partial charge in [-0.1, -0.05) is 12.1 Å². The maximum Gasteiger partial charge on any atom is 0.460 e. The standard InChI is InChI=1S/C32H36F9N3O9/c1-11-23(45)15(42)7-18(52-11)53-17-9-28(50,12(2)44-43-10-29(33,34)30(35,36)31(37,38)32(39,40)41)8-14-20(17)27(49)22-21(25(14)47)24(46)13-5-4-6-16(51-3)19(13)26(22)48/h4-6,10-11,14-15,17-18,20-23,25,27,45,47,49-50H,7-9,42H2,1-3H3/t11?,14?,15?,17?,18?,20?,21?,22?,23?,25?,27?,28-/m0/s1. The first-order valence-electron chi connectivity index (χ1n) is 16.2. The summed E-state index contributed by atoms with van der Waals surface area (Å²) in [5.74, 6) is -27.7. The molecular formula is C32H36F9N3O9. The van der Waals surface area contributed by atoms with Crippen LogP contribution in [-0.4, -0.2) is 123 Å². The van der Waals surface area contributed by atoms with Crippen molar-refractivity contribution < 1.29 is 83.7 Å². The number of fused-ring (bicyclic) bond motifs is 3. The highest BCUT2D eigenvalue weighted by Gasteiger charge is 2.81. The van der Waals surface area contributed by atoms with Gasteiger partial charge >= 0.3 is 23.9 Å². The molecule has 6 N–H and O–H groups in total. The first-order valence-corrected chi connectivity index (χ1v) is 16.2. The quantitative estimate of drug-likeness (QED) is 0.149. The molecule has 21 heteroatoms. The molecule has 12 nitrogen and oxygen atoms in total. The second-order valence-corrected chi connectivity index (χ2v) is 13.9. The van der Waals surface area contributed by atoms with E-state index < -0.39 is 132 Å². The van der Waals surface area contributed by atoms with Crippen molar-refractivity contribution in [1.29, 1.82) is 0 Å². The smallest absolute Gasteiger partial charge is 0.460 e. The number of aliphatic hydroxyl groups excluding tert-OH is 3. The first kappa shape index (κ1) is 41.0. The predicted molar refractivity (Wildman–Crippen MR) is 162 cm³/mol. The molecule has 4 aliphatic rings. The average molecular weight is 778 g/mol. The predicted octanol–water partition coefficient (Wildman–Crippen LogP) is 2.92. The summed E-state index contributed by atoms with van der Waals surface area (Å²) in [6, 6.07) is 3.23. The largest absolute Gasteiger partial charge is 0.496 e. The number of rotatable bonds is 8. The van der Waals surface area contributed by atoms with E-state index in [-0.39, 0.29) is 23.3 Å². The van der Waals surface area contributed by atoms with Gasteiger partial charge in [-0.25, -0.2) is 0 Å². The number of nitrogens with two attached hydrogens (primary N) is 1. The zero-order valence-electron chi connectivity index (χ0n) is 28.0. The fourth-order valence-electron chi connectivity index (χ4n) is 7.80. The van der Waals surface area contributed by atoms with Crippen LogP contribution in [0, 0.1) is 23.7 Å². The number of nitrogens with zero attached hydrogens (tertiary/aromatic N) is 2. The molecule has 3 aliphatic carbocycles. The van der Waals surface area contributed by atoms with Crippen LogP contribution in [0.4, 0.5) is 39.5 Å². The van der Waals surface area contributed by atoms with Crippen LogP contribution in [0.3, 0.4) is 0 Å². The molecule has 0 radical (unpaired) electrons. The van der Waals surface area contributed by atoms with Crippen molar-refractivity contribution >= 4 is 23.5 Å². The Balaban J connectivity index is 1.53. The van der Waals surface area contributed by atoms with Crippen molar-refractivity contribution in [1.82, 2.24) is 0 Å². The Labute approximate surface area is 294 Å². The molecule has 0 bridgehead atoms. The molecule has 0 amide bonds. The van der Waals surface area contributed by atoms with Gasteiger partial charge in [0, 0.05) is 30.4 Å². The minimum absolute atomic E-state index is 0.0175. The number of ether oxygens (including phenoxy) is 3. The number of hydrogen-bond acceptors (Lipinski definition) is 12. The molecule has 11 unspecified atom stereocenters. The zero-order valence-corrected chi connectivity index (χ0v) is 28.0. The fraction of sp³-hybridized carbons (Fsp3) is 0.688. The van der Waals surface area contributed by atoms with Gasteiger partial charge in [-0.05, 0) is 32.3 Å². The maximum absolute atomic E-state index is 14.1. The number of ketones is 2. The molecule has 0 spiro atoms. The minimum Gasteiger partial charge on any atom is -0.496 e. The number of aliphatic hydroxyl groups is 4. The van der Waals surface area contributed by atoms with Gasteiger partial charge in [0.1, 0.15) is 17.6 Å². The van der Waals surface area contributed by atoms with Crippen LogP contribution in [0.5, 0.6) is 5.75 Å². The van der Waals surface area contributed by atoms with E-state index in [0.29, 0.717) is 0 Å². The van der Waals surface area contributed by atoms with Crippen molar-refractivity contribution in [2.45, 2.75) is 106 Å². The maximum atomic E-state index is 14.1. The van der Waals surface area contributed by atoms with E-state index in [0.717, 1.165) is 6.92 Å². The molecule has 5 rings (SSSR count). The van der Waals surface area contributed by atoms with Crippen molar-refractivity contribution in [2.24, 2.45) is 39.6 Å². The third kappa shape index (κ3) is 6.64. The third-order valence-corrected chi connectivity index (χ3v) is 10.7. The normalized spacial score (nSPS) is 37.3. The molecule has 2 saturated carbocycles. The summed E-state index contributed by atoms with van der Waals surface area (Å²) in [6.07, 6.45) is -18.2. The number of Topliss-reactive ketones (excluding diaryl/α,β-unsaturated/α-hetero) is 2. The highest BCUT2D eigenvalue weighted by molar-refractivity contribution is 6.18. The Bertz CT molecular complexity index is 1650. The molecule has 12 atom stereocenters. The minimum atomic E-state index is -7.19. The number of hydrogen-bond donors (Lipinski definition) is 5. The molecule has 0 aromatic heterocycles. The van der Waals surface area contributed by atoms with E-state index in [4.69, 9.17) is 19.9 Å². The van der Waals surface area contributed by atoms with E-state index in [2.05, 4.69) is 10.2 Å². The molecule has 296 valence electrons. The molecule has 3 fully saturated rings. The lowest BCUT2D eigenvalue weighted by atomic mass is 9.52. The van der Waals surface area contributed by atoms with Crippen LogP contribution in [-0.2, 0) is 9.47 Å². The summed E-state index contributed by atoms with van der Waals surface area (Å²) in [5, 5.41) is 51.5. The summed E-state index contributed by atoms with van der Waals surface area (Å²) in [5.41, 5.74) is 2.59. The van der Waals surface area contributed by atoms with Crippen LogP contribution in [0.15, 0.2) is 28.4 Å². The van der Waals surface area contributed by atoms with Crippen LogP contribution < -0.4 is 10.5 Å². The van der Waals surface area contributed by atoms with E-state index in [1.807, 2.05) is 0 Å². The lowest BCUT2D eigenvalue weighted by Gasteiger charge is -2.56. The Morgan fingerprint density at radius 3 is 2.17 bits per heavy atom. The second kappa shape index (κ2) is 13.8. The van der Waals surface area contributed by atoms with E-state index >= 15 is 0 Å². The highest BCUT2D eigenvalue weighted by Crippen LogP contribution is 2.55. The summed E-state index contributed by atoms with van der Waals surface area (Å²) in [4.78, 5) is 27.7. The summed E-state index contributed by atoms with van der Waals surface area (Å²) in [6.45, 7) is 2.37. The summed E-state index contributed by atoms with van der Waals surface area (Å²) in [7, 11) is 1.25. The molecule has 1 aromatic rings. The van der Waals surface area contributed by atoms with Crippen LogP contribution >= 0.6 is 0 Å². The van der Waals surface area contributed by atoms with Crippen LogP contribution in [0.25, 0.3) is 0 Å². The first-order chi connectivity index (χ1) is 24.3. The number of halogens is 9. The van der Waals surface area contributed by atoms with Gasteiger partial charge in [0.25, 0.3) is 0 Å². The van der Waals surface area contributed by atoms with Gasteiger partial charge in [0.15, 0.2) is 17.9 Å². The number of alkyl halides is 9. The monoisotopic (exact) mass is 777 g/mol. The lowest BCUT2D eigenvalue weighted by Crippen LogP contribution is -2.66. The number of methoxy groups -OCH3 is 1. The van der Waals surface area contributed by atoms with E-state index in [1.165, 1.54) is 32.2 Å². The number of benzene rings is 1. The topological polar surface area (TPSA) is 193 Å². The number of carbonyl (C=O) groups excluding carboxylic acids is 2. The summed E-state index contributed by atoms with van der Waals surface area (Å²) >= 11 is 0. The second-order valence-electron chi connectivity index (χ2n) is 13.9. The Morgan fingerprint density at radius 2 is 1.58 bits per heavy atom. The Kier molecular flexibility index (Phi) is 10.7. The van der Waals surface area contributed by atoms with Gasteiger partial charge in [0.2, 0.25) is 0 Å². The SMILES string of the molecule is COc1cccc2c1C(=O)C1C(O)C3C(OC4CC(N)C(O)C(C)O4)C[C@](O)(C(C)=NN=CC(F)(F)C(F)(F)C(F)(F)C(F)(F)F)CC3C(O)C1C2=O. The van der Waals surface area contributed by atoms with Gasteiger partial charge in [-0.3, -0.25) is 9.59 Å². The van der Waals surface area contributed by atoms with Gasteiger partial charge in [-0.15, -0.1) is 0 Å². The van der Waals surface area contributed by atoms with Crippen LogP contribution in [0.1, 0.15) is 53.8 Å². The van der Waals surface area contributed by atoms with E-state index in [1.54, 1.807) is 0 Å². The Morgan fingerprint density at radius 1 is 0.962 bits per heavy atom. The Hall–Kier alpha value is -3.21. The van der Waals surface area contributed by atoms with Crippen molar-refractivity contribution in [3.8, 4) is 5.75 Å². The molecule has 1 aliphatic heterocycles. The highest BCUT2D eigenvalue weighted by atomic mass is 19.4. The average Bonchev–Trinajstić information content (AvgIpc) is 3.06. The third-order valence-electron chi connectivity index (χ3n) is 10.7. The van der Waals surface area contributed by atoms with Gasteiger partial charge < -0.3 is 40.4 Å². The van der Waals surface area contributed by atoms with Crippen LogP contribution in [0.2, 0.25) is 0 Å². The lowest BCUT2D eigenvalue weighted by molar-refractivity contribution is -0.384. The van der Waals surface area contributed by atoms with Crippen molar-refractivity contribution in [3.63, 3.8) is 0 Å². The molecular weight excluding hydrogens is 741 g/mol. The molecule has 1 aromatic carbocycles. The van der Waals surface area contributed by atoms with Crippen molar-refractivity contribution in [2.75, 3.05) is 7.11 Å². The van der Waals surface area contributed by atoms with E-state index in [9.17, 15) is 69.5 Å². The van der Waals surface area contributed by atoms with Gasteiger partial charge in [-0.2, -0.15) is 49.7 Å². The molecule has 1 saturated heterocycles. The number of carbonyl (C=O) groups is 2.